The molecule has 0 aromatic heterocycles. The third kappa shape index (κ3) is 6.80. The van der Waals surface area contributed by atoms with Crippen molar-refractivity contribution in [3.63, 3.8) is 0 Å². The first-order valence-electron chi connectivity index (χ1n) is 8.57. The van der Waals surface area contributed by atoms with Crippen molar-refractivity contribution >= 4 is 17.5 Å². The van der Waals surface area contributed by atoms with E-state index in [0.29, 0.717) is 17.3 Å². The number of rotatable bonds is 7. The van der Waals surface area contributed by atoms with Crippen LogP contribution in [0.25, 0.3) is 0 Å². The summed E-state index contributed by atoms with van der Waals surface area (Å²) in [6.45, 7) is 5.90. The molecular weight excluding hydrogens is 312 g/mol. The molecule has 5 heteroatoms. The van der Waals surface area contributed by atoms with Crippen molar-refractivity contribution in [2.75, 3.05) is 26.2 Å². The number of ether oxygens (including phenoxy) is 1. The van der Waals surface area contributed by atoms with Crippen molar-refractivity contribution in [1.29, 1.82) is 0 Å². The van der Waals surface area contributed by atoms with Gasteiger partial charge in [0, 0.05) is 11.6 Å². The zero-order chi connectivity index (χ0) is 16.5. The van der Waals surface area contributed by atoms with Crippen molar-refractivity contribution in [1.82, 2.24) is 10.2 Å². The van der Waals surface area contributed by atoms with Crippen LogP contribution in [-0.4, -0.2) is 43.1 Å². The number of halogens is 1. The van der Waals surface area contributed by atoms with Gasteiger partial charge in [0.25, 0.3) is 5.91 Å². The summed E-state index contributed by atoms with van der Waals surface area (Å²) in [6, 6.07) is 7.10. The molecule has 1 aromatic carbocycles. The first-order chi connectivity index (χ1) is 11.1. The Morgan fingerprint density at radius 2 is 2.04 bits per heavy atom. The maximum Gasteiger partial charge on any atom is 0.260 e. The van der Waals surface area contributed by atoms with E-state index in [-0.39, 0.29) is 5.91 Å². The number of amides is 1. The zero-order valence-corrected chi connectivity index (χ0v) is 14.6. The minimum absolute atomic E-state index is 0.0826. The third-order valence-electron chi connectivity index (χ3n) is 4.13. The molecule has 1 N–H and O–H groups in total. The molecule has 0 spiro atoms. The largest absolute Gasteiger partial charge is 0.481 e. The van der Waals surface area contributed by atoms with E-state index in [2.05, 4.69) is 10.2 Å². The van der Waals surface area contributed by atoms with Crippen molar-refractivity contribution < 1.29 is 9.53 Å². The molecule has 0 radical (unpaired) electrons. The van der Waals surface area contributed by atoms with Gasteiger partial charge >= 0.3 is 0 Å². The highest BCUT2D eigenvalue weighted by molar-refractivity contribution is 6.30. The average molecular weight is 339 g/mol. The van der Waals surface area contributed by atoms with E-state index in [1.165, 1.54) is 38.8 Å². The average Bonchev–Trinajstić information content (AvgIpc) is 2.80. The van der Waals surface area contributed by atoms with Gasteiger partial charge in [-0.3, -0.25) is 4.79 Å². The van der Waals surface area contributed by atoms with E-state index in [4.69, 9.17) is 16.3 Å². The van der Waals surface area contributed by atoms with Gasteiger partial charge in [-0.1, -0.05) is 30.5 Å². The highest BCUT2D eigenvalue weighted by Gasteiger charge is 2.14. The lowest BCUT2D eigenvalue weighted by molar-refractivity contribution is -0.127. The Morgan fingerprint density at radius 3 is 2.74 bits per heavy atom. The molecule has 2 rings (SSSR count). The molecule has 4 nitrogen and oxygen atoms in total. The Kier molecular flexibility index (Phi) is 7.69. The topological polar surface area (TPSA) is 41.6 Å². The molecule has 1 aromatic rings. The molecular formula is C18H27ClN2O2. The van der Waals surface area contributed by atoms with Crippen LogP contribution in [0, 0.1) is 0 Å². The number of nitrogens with zero attached hydrogens (tertiary/aromatic N) is 1. The maximum atomic E-state index is 12.1. The van der Waals surface area contributed by atoms with E-state index in [9.17, 15) is 4.79 Å². The standard InChI is InChI=1S/C18H27ClN2O2/c1-15(23-17-9-6-8-16(19)14-17)18(22)20-10-7-13-21-11-4-2-3-5-12-21/h6,8-9,14-15H,2-5,7,10-13H2,1H3,(H,20,22). The molecule has 0 bridgehead atoms. The van der Waals surface area contributed by atoms with Gasteiger partial charge in [0.1, 0.15) is 5.75 Å². The van der Waals surface area contributed by atoms with Gasteiger partial charge in [0.05, 0.1) is 0 Å². The van der Waals surface area contributed by atoms with Gasteiger partial charge < -0.3 is 15.0 Å². The predicted octanol–water partition coefficient (Wildman–Crippen LogP) is 3.49. The highest BCUT2D eigenvalue weighted by Crippen LogP contribution is 2.18. The van der Waals surface area contributed by atoms with E-state index in [1.54, 1.807) is 25.1 Å². The smallest absolute Gasteiger partial charge is 0.260 e. The number of hydrogen-bond donors (Lipinski definition) is 1. The number of carbonyl (C=O) groups is 1. The van der Waals surface area contributed by atoms with E-state index in [0.717, 1.165) is 13.0 Å². The number of likely N-dealkylation sites (tertiary alicyclic amines) is 1. The molecule has 0 aliphatic carbocycles. The Morgan fingerprint density at radius 1 is 1.30 bits per heavy atom. The zero-order valence-electron chi connectivity index (χ0n) is 13.9. The number of hydrogen-bond acceptors (Lipinski definition) is 3. The van der Waals surface area contributed by atoms with Crippen molar-refractivity contribution in [2.24, 2.45) is 0 Å². The Bertz CT molecular complexity index is 488. The van der Waals surface area contributed by atoms with Gasteiger partial charge in [-0.05, 0) is 64.0 Å². The number of benzene rings is 1. The minimum Gasteiger partial charge on any atom is -0.481 e. The Labute approximate surface area is 144 Å². The number of nitrogens with one attached hydrogen (secondary N) is 1. The van der Waals surface area contributed by atoms with Gasteiger partial charge in [-0.25, -0.2) is 0 Å². The van der Waals surface area contributed by atoms with Gasteiger partial charge in [0.2, 0.25) is 0 Å². The summed E-state index contributed by atoms with van der Waals surface area (Å²) in [5, 5.41) is 3.55. The summed E-state index contributed by atoms with van der Waals surface area (Å²) in [5.41, 5.74) is 0. The number of carbonyl (C=O) groups excluding carboxylic acids is 1. The van der Waals surface area contributed by atoms with Crippen LogP contribution in [0.15, 0.2) is 24.3 Å². The molecule has 1 aliphatic heterocycles. The van der Waals surface area contributed by atoms with E-state index < -0.39 is 6.10 Å². The molecule has 1 aliphatic rings. The molecule has 1 unspecified atom stereocenters. The van der Waals surface area contributed by atoms with Gasteiger partial charge in [0.15, 0.2) is 6.10 Å². The molecule has 23 heavy (non-hydrogen) atoms. The first kappa shape index (κ1) is 18.1. The SMILES string of the molecule is CC(Oc1cccc(Cl)c1)C(=O)NCCCN1CCCCCC1. The first-order valence-corrected chi connectivity index (χ1v) is 8.95. The fourth-order valence-electron chi connectivity index (χ4n) is 2.82. The van der Waals surface area contributed by atoms with Crippen molar-refractivity contribution in [2.45, 2.75) is 45.1 Å². The van der Waals surface area contributed by atoms with Crippen LogP contribution in [0.1, 0.15) is 39.0 Å². The second kappa shape index (κ2) is 9.78. The third-order valence-corrected chi connectivity index (χ3v) is 4.36. The van der Waals surface area contributed by atoms with Crippen LogP contribution in [0.5, 0.6) is 5.75 Å². The lowest BCUT2D eigenvalue weighted by Crippen LogP contribution is -2.38. The predicted molar refractivity (Wildman–Crippen MR) is 94.1 cm³/mol. The molecule has 0 saturated carbocycles. The van der Waals surface area contributed by atoms with Crippen LogP contribution >= 0.6 is 11.6 Å². The van der Waals surface area contributed by atoms with Crippen LogP contribution < -0.4 is 10.1 Å². The van der Waals surface area contributed by atoms with Gasteiger partial charge in [-0.2, -0.15) is 0 Å². The Hall–Kier alpha value is -1.26. The monoisotopic (exact) mass is 338 g/mol. The fraction of sp³-hybridized carbons (Fsp3) is 0.611. The van der Waals surface area contributed by atoms with Crippen molar-refractivity contribution in [3.05, 3.63) is 29.3 Å². The molecule has 1 saturated heterocycles. The fourth-order valence-corrected chi connectivity index (χ4v) is 3.00. The lowest BCUT2D eigenvalue weighted by Gasteiger charge is -2.20. The second-order valence-corrected chi connectivity index (χ2v) is 6.55. The second-order valence-electron chi connectivity index (χ2n) is 6.12. The molecule has 128 valence electrons. The maximum absolute atomic E-state index is 12.1. The van der Waals surface area contributed by atoms with Crippen molar-refractivity contribution in [3.8, 4) is 5.75 Å². The van der Waals surface area contributed by atoms with Crippen LogP contribution in [0.3, 0.4) is 0 Å². The summed E-state index contributed by atoms with van der Waals surface area (Å²) in [5.74, 6) is 0.533. The van der Waals surface area contributed by atoms with E-state index in [1.807, 2.05) is 6.07 Å². The van der Waals surface area contributed by atoms with Crippen LogP contribution in [0.2, 0.25) is 5.02 Å². The molecule has 1 amide bonds. The highest BCUT2D eigenvalue weighted by atomic mass is 35.5. The minimum atomic E-state index is -0.522. The lowest BCUT2D eigenvalue weighted by atomic mass is 10.2. The summed E-state index contributed by atoms with van der Waals surface area (Å²) in [4.78, 5) is 14.6. The summed E-state index contributed by atoms with van der Waals surface area (Å²) >= 11 is 5.91. The Balaban J connectivity index is 1.63. The quantitative estimate of drug-likeness (QED) is 0.774. The molecule has 1 atom stereocenters. The van der Waals surface area contributed by atoms with Crippen LogP contribution in [0.4, 0.5) is 0 Å². The summed E-state index contributed by atoms with van der Waals surface area (Å²) in [6.07, 6.45) is 5.77. The molecule has 1 heterocycles. The van der Waals surface area contributed by atoms with E-state index >= 15 is 0 Å². The summed E-state index contributed by atoms with van der Waals surface area (Å²) < 4.78 is 5.61. The van der Waals surface area contributed by atoms with Crippen LogP contribution in [-0.2, 0) is 4.79 Å². The van der Waals surface area contributed by atoms with Gasteiger partial charge in [-0.15, -0.1) is 0 Å². The molecule has 1 fully saturated rings. The normalized spacial score (nSPS) is 17.3. The summed E-state index contributed by atoms with van der Waals surface area (Å²) in [7, 11) is 0.